The zero-order chi connectivity index (χ0) is 16.2. The van der Waals surface area contributed by atoms with E-state index >= 15 is 0 Å². The van der Waals surface area contributed by atoms with E-state index in [1.54, 1.807) is 48.3 Å². The van der Waals surface area contributed by atoms with Gasteiger partial charge in [0.2, 0.25) is 0 Å². The minimum atomic E-state index is -0.402. The molecule has 3 rings (SSSR count). The Hall–Kier alpha value is -2.67. The van der Waals surface area contributed by atoms with E-state index in [1.807, 2.05) is 0 Å². The number of amides is 2. The monoisotopic (exact) mass is 314 g/mol. The van der Waals surface area contributed by atoms with Crippen molar-refractivity contribution in [3.05, 3.63) is 42.1 Å². The van der Waals surface area contributed by atoms with Crippen LogP contribution in [0.3, 0.4) is 0 Å². The summed E-state index contributed by atoms with van der Waals surface area (Å²) in [6.45, 7) is 0.616. The minimum Gasteiger partial charge on any atom is -0.368 e. The second-order valence-electron chi connectivity index (χ2n) is 5.40. The highest BCUT2D eigenvalue weighted by Gasteiger charge is 2.23. The van der Waals surface area contributed by atoms with Gasteiger partial charge in [0.15, 0.2) is 5.82 Å². The van der Waals surface area contributed by atoms with Crippen molar-refractivity contribution in [1.82, 2.24) is 9.78 Å². The zero-order valence-electron chi connectivity index (χ0n) is 12.8. The first kappa shape index (κ1) is 15.2. The third-order valence-corrected chi connectivity index (χ3v) is 3.57. The maximum atomic E-state index is 12.2. The Labute approximate surface area is 133 Å². The molecule has 2 N–H and O–H groups in total. The van der Waals surface area contributed by atoms with Gasteiger partial charge in [-0.3, -0.25) is 14.3 Å². The Morgan fingerprint density at radius 3 is 2.87 bits per heavy atom. The quantitative estimate of drug-likeness (QED) is 0.901. The Balaban J connectivity index is 1.66. The van der Waals surface area contributed by atoms with E-state index in [-0.39, 0.29) is 11.8 Å². The van der Waals surface area contributed by atoms with Gasteiger partial charge in [0, 0.05) is 37.2 Å². The first-order valence-electron chi connectivity index (χ1n) is 7.45. The Bertz CT molecular complexity index is 720. The molecule has 120 valence electrons. The number of hydrogen-bond donors (Lipinski definition) is 2. The molecule has 0 bridgehead atoms. The van der Waals surface area contributed by atoms with Crippen molar-refractivity contribution < 1.29 is 14.3 Å². The van der Waals surface area contributed by atoms with Crippen LogP contribution in [-0.4, -0.2) is 34.3 Å². The lowest BCUT2D eigenvalue weighted by Gasteiger charge is -2.11. The van der Waals surface area contributed by atoms with E-state index < -0.39 is 6.10 Å². The normalized spacial score (nSPS) is 17.0. The molecule has 0 aliphatic carbocycles. The van der Waals surface area contributed by atoms with Crippen LogP contribution >= 0.6 is 0 Å². The van der Waals surface area contributed by atoms with E-state index in [0.29, 0.717) is 23.7 Å². The van der Waals surface area contributed by atoms with Gasteiger partial charge in [-0.2, -0.15) is 5.10 Å². The average Bonchev–Trinajstić information content (AvgIpc) is 3.19. The predicted octanol–water partition coefficient (Wildman–Crippen LogP) is 1.79. The number of ether oxygens (including phenoxy) is 1. The van der Waals surface area contributed by atoms with Crippen molar-refractivity contribution in [2.45, 2.75) is 18.9 Å². The second kappa shape index (κ2) is 6.62. The van der Waals surface area contributed by atoms with Crippen molar-refractivity contribution in [2.75, 3.05) is 17.2 Å². The van der Waals surface area contributed by atoms with Crippen LogP contribution in [0.2, 0.25) is 0 Å². The van der Waals surface area contributed by atoms with Crippen molar-refractivity contribution >= 4 is 23.3 Å². The molecule has 2 heterocycles. The number of nitrogens with zero attached hydrogens (tertiary/aromatic N) is 2. The number of nitrogens with one attached hydrogen (secondary N) is 2. The van der Waals surface area contributed by atoms with Crippen molar-refractivity contribution in [3.63, 3.8) is 0 Å². The lowest BCUT2D eigenvalue weighted by Crippen LogP contribution is -2.27. The largest absolute Gasteiger partial charge is 0.368 e. The summed E-state index contributed by atoms with van der Waals surface area (Å²) in [7, 11) is 1.77. The maximum absolute atomic E-state index is 12.2. The predicted molar refractivity (Wildman–Crippen MR) is 85.2 cm³/mol. The summed E-state index contributed by atoms with van der Waals surface area (Å²) in [6, 6.07) is 8.48. The number of carbonyl (C=O) groups is 2. The van der Waals surface area contributed by atoms with Crippen LogP contribution in [0.4, 0.5) is 11.5 Å². The van der Waals surface area contributed by atoms with E-state index in [4.69, 9.17) is 4.74 Å². The number of rotatable bonds is 4. The highest BCUT2D eigenvalue weighted by atomic mass is 16.5. The molecule has 0 unspecified atom stereocenters. The fourth-order valence-electron chi connectivity index (χ4n) is 2.42. The highest BCUT2D eigenvalue weighted by Crippen LogP contribution is 2.17. The minimum absolute atomic E-state index is 0.176. The summed E-state index contributed by atoms with van der Waals surface area (Å²) < 4.78 is 6.95. The average molecular weight is 314 g/mol. The number of anilines is 2. The molecule has 1 atom stereocenters. The van der Waals surface area contributed by atoms with Crippen LogP contribution < -0.4 is 10.6 Å². The van der Waals surface area contributed by atoms with Gasteiger partial charge in [-0.25, -0.2) is 0 Å². The molecule has 7 heteroatoms. The van der Waals surface area contributed by atoms with Crippen LogP contribution in [0.15, 0.2) is 36.5 Å². The number of aryl methyl sites for hydroxylation is 1. The molecule has 1 aromatic carbocycles. The molecule has 7 nitrogen and oxygen atoms in total. The number of aromatic nitrogens is 2. The SMILES string of the molecule is Cn1ccc(NC(=O)c2cccc(NC(=O)[C@H]3CCCO3)c2)n1. The topological polar surface area (TPSA) is 85.2 Å². The molecular formula is C16H18N4O3. The van der Waals surface area contributed by atoms with Crippen LogP contribution in [0, 0.1) is 0 Å². The van der Waals surface area contributed by atoms with Crippen molar-refractivity contribution in [2.24, 2.45) is 7.05 Å². The second-order valence-corrected chi connectivity index (χ2v) is 5.40. The third-order valence-electron chi connectivity index (χ3n) is 3.57. The Kier molecular flexibility index (Phi) is 4.38. The van der Waals surface area contributed by atoms with Gasteiger partial charge in [0.05, 0.1) is 0 Å². The first-order valence-corrected chi connectivity index (χ1v) is 7.45. The zero-order valence-corrected chi connectivity index (χ0v) is 12.8. The molecule has 1 aliphatic rings. The van der Waals surface area contributed by atoms with Gasteiger partial charge in [0.25, 0.3) is 11.8 Å². The Morgan fingerprint density at radius 2 is 2.17 bits per heavy atom. The molecule has 0 radical (unpaired) electrons. The number of hydrogen-bond acceptors (Lipinski definition) is 4. The summed E-state index contributed by atoms with van der Waals surface area (Å²) in [5.74, 6) is 0.0213. The summed E-state index contributed by atoms with van der Waals surface area (Å²) in [4.78, 5) is 24.3. The van der Waals surface area contributed by atoms with Gasteiger partial charge < -0.3 is 15.4 Å². The molecule has 1 saturated heterocycles. The van der Waals surface area contributed by atoms with Gasteiger partial charge in [-0.05, 0) is 31.0 Å². The standard InChI is InChI=1S/C16H18N4O3/c1-20-8-7-14(19-20)18-15(21)11-4-2-5-12(10-11)17-16(22)13-6-3-9-23-13/h2,4-5,7-8,10,13H,3,6,9H2,1H3,(H,17,22)(H,18,19,21)/t13-/m1/s1. The van der Waals surface area contributed by atoms with Crippen LogP contribution in [0.25, 0.3) is 0 Å². The lowest BCUT2D eigenvalue weighted by molar-refractivity contribution is -0.124. The Morgan fingerprint density at radius 1 is 1.30 bits per heavy atom. The molecule has 23 heavy (non-hydrogen) atoms. The van der Waals surface area contributed by atoms with E-state index in [1.165, 1.54) is 0 Å². The molecular weight excluding hydrogens is 296 g/mol. The molecule has 2 amide bonds. The smallest absolute Gasteiger partial charge is 0.256 e. The van der Waals surface area contributed by atoms with E-state index in [9.17, 15) is 9.59 Å². The first-order chi connectivity index (χ1) is 11.1. The molecule has 0 saturated carbocycles. The lowest BCUT2D eigenvalue weighted by atomic mass is 10.1. The fourth-order valence-corrected chi connectivity index (χ4v) is 2.42. The molecule has 2 aromatic rings. The van der Waals surface area contributed by atoms with Gasteiger partial charge >= 0.3 is 0 Å². The van der Waals surface area contributed by atoms with Crippen LogP contribution in [-0.2, 0) is 16.6 Å². The molecule has 1 aliphatic heterocycles. The fraction of sp³-hybridized carbons (Fsp3) is 0.312. The van der Waals surface area contributed by atoms with Gasteiger partial charge in [-0.1, -0.05) is 6.07 Å². The van der Waals surface area contributed by atoms with E-state index in [2.05, 4.69) is 15.7 Å². The summed E-state index contributed by atoms with van der Waals surface area (Å²) in [5, 5.41) is 9.59. The summed E-state index contributed by atoms with van der Waals surface area (Å²) in [5.41, 5.74) is 1.01. The maximum Gasteiger partial charge on any atom is 0.256 e. The van der Waals surface area contributed by atoms with Crippen LogP contribution in [0.1, 0.15) is 23.2 Å². The number of benzene rings is 1. The van der Waals surface area contributed by atoms with E-state index in [0.717, 1.165) is 12.8 Å². The highest BCUT2D eigenvalue weighted by molar-refractivity contribution is 6.05. The van der Waals surface area contributed by atoms with Gasteiger partial charge in [-0.15, -0.1) is 0 Å². The molecule has 0 spiro atoms. The summed E-state index contributed by atoms with van der Waals surface area (Å²) >= 11 is 0. The third kappa shape index (κ3) is 3.75. The summed E-state index contributed by atoms with van der Waals surface area (Å²) in [6.07, 6.45) is 2.96. The van der Waals surface area contributed by atoms with Crippen molar-refractivity contribution in [1.29, 1.82) is 0 Å². The molecule has 1 aromatic heterocycles. The van der Waals surface area contributed by atoms with Gasteiger partial charge in [0.1, 0.15) is 6.10 Å². The molecule has 1 fully saturated rings. The number of carbonyl (C=O) groups excluding carboxylic acids is 2. The van der Waals surface area contributed by atoms with Crippen LogP contribution in [0.5, 0.6) is 0 Å². The van der Waals surface area contributed by atoms with Crippen molar-refractivity contribution in [3.8, 4) is 0 Å².